The van der Waals surface area contributed by atoms with Gasteiger partial charge in [-0.15, -0.1) is 0 Å². The van der Waals surface area contributed by atoms with Gasteiger partial charge in [0, 0.05) is 26.1 Å². The lowest BCUT2D eigenvalue weighted by Crippen LogP contribution is -2.32. The van der Waals surface area contributed by atoms with Crippen LogP contribution in [0.15, 0.2) is 12.2 Å². The van der Waals surface area contributed by atoms with E-state index in [0.29, 0.717) is 26.1 Å². The maximum absolute atomic E-state index is 10.3. The van der Waals surface area contributed by atoms with Crippen LogP contribution in [0.25, 0.3) is 0 Å². The topological polar surface area (TPSA) is 176 Å². The van der Waals surface area contributed by atoms with E-state index < -0.39 is 16.4 Å². The zero-order chi connectivity index (χ0) is 27.2. The molecule has 0 saturated heterocycles. The highest BCUT2D eigenvalue weighted by Gasteiger charge is 2.00. The molecule has 0 aromatic carbocycles. The van der Waals surface area contributed by atoms with Crippen molar-refractivity contribution >= 4 is 16.4 Å². The molecule has 10 nitrogen and oxygen atoms in total. The van der Waals surface area contributed by atoms with Crippen LogP contribution in [0, 0.1) is 0 Å². The van der Waals surface area contributed by atoms with Crippen LogP contribution in [0.5, 0.6) is 0 Å². The third-order valence-corrected chi connectivity index (χ3v) is 4.90. The van der Waals surface area contributed by atoms with Gasteiger partial charge >= 0.3 is 16.4 Å². The molecule has 0 fully saturated rings. The van der Waals surface area contributed by atoms with Gasteiger partial charge in [-0.1, -0.05) is 70.4 Å². The summed E-state index contributed by atoms with van der Waals surface area (Å²) in [5.74, 6) is -0.664. The Balaban J connectivity index is -0.000000563. The Kier molecular flexibility index (Phi) is 34.0. The van der Waals surface area contributed by atoms with Crippen molar-refractivity contribution in [2.75, 3.05) is 39.5 Å². The second kappa shape index (κ2) is 31.0. The molecule has 11 heteroatoms. The average molecular weight is 530 g/mol. The number of carboxylic acids is 1. The van der Waals surface area contributed by atoms with Crippen molar-refractivity contribution in [3.63, 3.8) is 0 Å². The van der Waals surface area contributed by atoms with E-state index in [4.69, 9.17) is 37.9 Å². The summed E-state index contributed by atoms with van der Waals surface area (Å²) in [7, 11) is -4.67. The van der Waals surface area contributed by atoms with Gasteiger partial charge in [0.1, 0.15) is 0 Å². The summed E-state index contributed by atoms with van der Waals surface area (Å²) in [6.07, 6.45) is 21.2. The van der Waals surface area contributed by atoms with E-state index in [0.717, 1.165) is 12.8 Å². The van der Waals surface area contributed by atoms with Crippen molar-refractivity contribution in [1.82, 2.24) is 4.90 Å². The summed E-state index contributed by atoms with van der Waals surface area (Å²) in [6.45, 7) is 4.01. The average Bonchev–Trinajstić information content (AvgIpc) is 2.76. The van der Waals surface area contributed by atoms with Gasteiger partial charge in [-0.3, -0.25) is 18.8 Å². The molecule has 0 heterocycles. The summed E-state index contributed by atoms with van der Waals surface area (Å²) in [6, 6.07) is 0. The minimum absolute atomic E-state index is 0.0694. The van der Waals surface area contributed by atoms with Gasteiger partial charge in [0.15, 0.2) is 0 Å². The van der Waals surface area contributed by atoms with Crippen molar-refractivity contribution in [2.24, 2.45) is 0 Å². The molecule has 0 unspecified atom stereocenters. The predicted octanol–water partition coefficient (Wildman–Crippen LogP) is 3.72. The first-order valence-electron chi connectivity index (χ1n) is 12.7. The molecule has 212 valence electrons. The smallest absolute Gasteiger partial charge is 0.394 e. The van der Waals surface area contributed by atoms with Gasteiger partial charge in [-0.05, 0) is 32.1 Å². The first-order chi connectivity index (χ1) is 16.6. The standard InChI is InChI=1S/C18H34O2.C6H15NO3.H2O4S/c1-2-3-4-5-6-7-8-9-10-11-12-13-14-15-16-17-18(19)20;8-4-1-7(2-5-9)3-6-10;1-5(2,3)4/h9-10H,2-8,11-17H2,1H3,(H,19,20);8-10H,1-6H2;(H2,1,2,3,4)/b10-9-;;. The van der Waals surface area contributed by atoms with Crippen LogP contribution in [-0.2, 0) is 15.2 Å². The predicted molar refractivity (Wildman–Crippen MR) is 139 cm³/mol. The Morgan fingerprint density at radius 3 is 1.37 bits per heavy atom. The number of hydrogen-bond donors (Lipinski definition) is 6. The van der Waals surface area contributed by atoms with Gasteiger partial charge in [0.05, 0.1) is 19.8 Å². The van der Waals surface area contributed by atoms with Crippen LogP contribution in [0.1, 0.15) is 96.8 Å². The van der Waals surface area contributed by atoms with E-state index in [2.05, 4.69) is 19.1 Å². The molecule has 35 heavy (non-hydrogen) atoms. The molecule has 0 aliphatic carbocycles. The zero-order valence-corrected chi connectivity index (χ0v) is 22.4. The zero-order valence-electron chi connectivity index (χ0n) is 21.6. The summed E-state index contributed by atoms with van der Waals surface area (Å²) >= 11 is 0. The highest BCUT2D eigenvalue weighted by atomic mass is 32.3. The van der Waals surface area contributed by atoms with E-state index in [9.17, 15) is 4.79 Å². The fraction of sp³-hybridized carbons (Fsp3) is 0.875. The Labute approximate surface area is 212 Å². The molecular formula is C24H51NO9S. The maximum atomic E-state index is 10.3. The molecule has 6 N–H and O–H groups in total. The van der Waals surface area contributed by atoms with Crippen molar-refractivity contribution in [3.05, 3.63) is 12.2 Å². The number of hydrogen-bond acceptors (Lipinski definition) is 7. The molecule has 0 aliphatic heterocycles. The normalized spacial score (nSPS) is 11.2. The van der Waals surface area contributed by atoms with Gasteiger partial charge < -0.3 is 20.4 Å². The minimum atomic E-state index is -4.67. The van der Waals surface area contributed by atoms with Crippen LogP contribution in [0.4, 0.5) is 0 Å². The maximum Gasteiger partial charge on any atom is 0.394 e. The van der Waals surface area contributed by atoms with E-state index in [1.54, 1.807) is 4.90 Å². The molecule has 0 bridgehead atoms. The molecule has 0 radical (unpaired) electrons. The second-order valence-electron chi connectivity index (χ2n) is 8.19. The van der Waals surface area contributed by atoms with Crippen molar-refractivity contribution in [2.45, 2.75) is 96.8 Å². The fourth-order valence-electron chi connectivity index (χ4n) is 3.11. The Morgan fingerprint density at radius 2 is 1.03 bits per heavy atom. The quantitative estimate of drug-likeness (QED) is 0.0730. The Hall–Kier alpha value is -1.08. The fourth-order valence-corrected chi connectivity index (χ4v) is 3.11. The van der Waals surface area contributed by atoms with Crippen LogP contribution < -0.4 is 0 Å². The molecule has 0 saturated carbocycles. The van der Waals surface area contributed by atoms with Gasteiger partial charge in [0.25, 0.3) is 0 Å². The monoisotopic (exact) mass is 529 g/mol. The van der Waals surface area contributed by atoms with Crippen LogP contribution in [0.2, 0.25) is 0 Å². The summed E-state index contributed by atoms with van der Waals surface area (Å²) in [5, 5.41) is 34.0. The highest BCUT2D eigenvalue weighted by Crippen LogP contribution is 2.09. The SMILES string of the molecule is CCCCCCCC/C=C\CCCCCCCC(=O)O.O=S(=O)(O)O.OCCN(CCO)CCO. The number of aliphatic hydroxyl groups is 3. The van der Waals surface area contributed by atoms with E-state index >= 15 is 0 Å². The van der Waals surface area contributed by atoms with E-state index in [1.165, 1.54) is 70.6 Å². The summed E-state index contributed by atoms with van der Waals surface area (Å²) in [4.78, 5) is 12.1. The second-order valence-corrected chi connectivity index (χ2v) is 9.08. The van der Waals surface area contributed by atoms with Crippen molar-refractivity contribution in [1.29, 1.82) is 0 Å². The molecule has 0 rings (SSSR count). The number of aliphatic carboxylic acids is 1. The lowest BCUT2D eigenvalue weighted by Gasteiger charge is -2.17. The number of allylic oxidation sites excluding steroid dienone is 2. The van der Waals surface area contributed by atoms with Crippen LogP contribution >= 0.6 is 0 Å². The molecule has 0 spiro atoms. The van der Waals surface area contributed by atoms with Crippen LogP contribution in [0.3, 0.4) is 0 Å². The van der Waals surface area contributed by atoms with Gasteiger partial charge in [-0.2, -0.15) is 8.42 Å². The van der Waals surface area contributed by atoms with Gasteiger partial charge in [-0.25, -0.2) is 0 Å². The van der Waals surface area contributed by atoms with E-state index in [-0.39, 0.29) is 19.8 Å². The van der Waals surface area contributed by atoms with Crippen molar-refractivity contribution < 1.29 is 42.7 Å². The van der Waals surface area contributed by atoms with E-state index in [1.807, 2.05) is 0 Å². The first-order valence-corrected chi connectivity index (χ1v) is 14.1. The third-order valence-electron chi connectivity index (χ3n) is 4.90. The number of aliphatic hydroxyl groups excluding tert-OH is 3. The van der Waals surface area contributed by atoms with Crippen molar-refractivity contribution in [3.8, 4) is 0 Å². The highest BCUT2D eigenvalue weighted by molar-refractivity contribution is 7.79. The number of carboxylic acid groups (broad SMARTS) is 1. The number of nitrogens with zero attached hydrogens (tertiary/aromatic N) is 1. The molecule has 0 amide bonds. The Bertz CT molecular complexity index is 535. The molecule has 0 aliphatic rings. The summed E-state index contributed by atoms with van der Waals surface area (Å²) in [5.41, 5.74) is 0. The number of rotatable bonds is 21. The molecular weight excluding hydrogens is 478 g/mol. The van der Waals surface area contributed by atoms with Crippen LogP contribution in [-0.4, -0.2) is 88.3 Å². The number of unbranched alkanes of at least 4 members (excludes halogenated alkanes) is 11. The third kappa shape index (κ3) is 50.7. The first kappa shape index (κ1) is 38.5. The lowest BCUT2D eigenvalue weighted by molar-refractivity contribution is -0.137. The largest absolute Gasteiger partial charge is 0.481 e. The molecule has 0 atom stereocenters. The number of carbonyl (C=O) groups is 1. The Morgan fingerprint density at radius 1 is 0.686 bits per heavy atom. The minimum Gasteiger partial charge on any atom is -0.481 e. The molecule has 0 aromatic rings. The van der Waals surface area contributed by atoms with Gasteiger partial charge in [0.2, 0.25) is 0 Å². The lowest BCUT2D eigenvalue weighted by atomic mass is 10.1. The molecule has 0 aromatic heterocycles. The summed E-state index contributed by atoms with van der Waals surface area (Å²) < 4.78 is 31.6.